The topological polar surface area (TPSA) is 19.6 Å². The van der Waals surface area contributed by atoms with E-state index in [1.54, 1.807) is 0 Å². The first-order valence-electron chi connectivity index (χ1n) is 25.0. The van der Waals surface area contributed by atoms with Crippen LogP contribution in [0, 0.1) is 6.92 Å². The van der Waals surface area contributed by atoms with E-state index in [4.69, 9.17) is 4.42 Å². The van der Waals surface area contributed by atoms with Crippen LogP contribution in [0.5, 0.6) is 0 Å². The molecule has 3 heterocycles. The number of anilines is 6. The molecule has 7 aromatic carbocycles. The third kappa shape index (κ3) is 6.37. The molecule has 8 aromatic rings. The highest BCUT2D eigenvalue weighted by Crippen LogP contribution is 2.53. The monoisotopic (exact) mass is 877 g/mol. The lowest BCUT2D eigenvalue weighted by Crippen LogP contribution is -2.62. The van der Waals surface area contributed by atoms with Gasteiger partial charge in [0.1, 0.15) is 11.2 Å². The summed E-state index contributed by atoms with van der Waals surface area (Å²) in [5.41, 5.74) is 24.9. The van der Waals surface area contributed by atoms with E-state index in [1.807, 2.05) is 6.07 Å². The van der Waals surface area contributed by atoms with Crippen LogP contribution in [0.1, 0.15) is 135 Å². The smallest absolute Gasteiger partial charge is 0.252 e. The SMILES string of the molecule is Cc1cc2c3c(c1)N(c1ccc(C(C)(C)C)cc1)c1cc4c(cc1B3c1cc3c(cc1N2c1ccc(-c2ccc5c(c2)oc2ccccc25)cc1)C(C)(C)CCC3(C)C)C(C)(C)CCC4(C)C. The molecule has 0 spiro atoms. The van der Waals surface area contributed by atoms with Gasteiger partial charge < -0.3 is 14.2 Å². The number of furan rings is 1. The van der Waals surface area contributed by atoms with Crippen molar-refractivity contribution in [2.75, 3.05) is 9.80 Å². The predicted octanol–water partition coefficient (Wildman–Crippen LogP) is 15.6. The summed E-state index contributed by atoms with van der Waals surface area (Å²) < 4.78 is 6.36. The summed E-state index contributed by atoms with van der Waals surface area (Å²) in [6.45, 7) is 29.1. The Balaban J connectivity index is 1.12. The molecule has 336 valence electrons. The van der Waals surface area contributed by atoms with Crippen LogP contribution in [0.15, 0.2) is 132 Å². The summed E-state index contributed by atoms with van der Waals surface area (Å²) in [6, 6.07) is 49.4. The highest BCUT2D eigenvalue weighted by atomic mass is 16.3. The van der Waals surface area contributed by atoms with E-state index in [-0.39, 0.29) is 33.8 Å². The zero-order valence-electron chi connectivity index (χ0n) is 41.8. The quantitative estimate of drug-likeness (QED) is 0.165. The van der Waals surface area contributed by atoms with E-state index in [0.29, 0.717) is 0 Å². The Labute approximate surface area is 399 Å². The van der Waals surface area contributed by atoms with Gasteiger partial charge in [0, 0.05) is 44.9 Å². The summed E-state index contributed by atoms with van der Waals surface area (Å²) in [7, 11) is 0. The van der Waals surface area contributed by atoms with Gasteiger partial charge >= 0.3 is 0 Å². The van der Waals surface area contributed by atoms with Crippen LogP contribution in [0.4, 0.5) is 34.1 Å². The number of aryl methyl sites for hydroxylation is 1. The molecule has 2 aliphatic carbocycles. The molecule has 12 rings (SSSR count). The Morgan fingerprint density at radius 3 is 1.42 bits per heavy atom. The van der Waals surface area contributed by atoms with Crippen molar-refractivity contribution in [3.8, 4) is 11.1 Å². The lowest BCUT2D eigenvalue weighted by Gasteiger charge is -2.49. The van der Waals surface area contributed by atoms with Crippen LogP contribution >= 0.6 is 0 Å². The molecule has 0 atom stereocenters. The lowest BCUT2D eigenvalue weighted by atomic mass is 9.32. The zero-order chi connectivity index (χ0) is 46.7. The van der Waals surface area contributed by atoms with Gasteiger partial charge in [-0.15, -0.1) is 0 Å². The van der Waals surface area contributed by atoms with Gasteiger partial charge in [0.2, 0.25) is 0 Å². The average molecular weight is 877 g/mol. The molecule has 0 unspecified atom stereocenters. The van der Waals surface area contributed by atoms with E-state index >= 15 is 0 Å². The summed E-state index contributed by atoms with van der Waals surface area (Å²) in [4.78, 5) is 5.26. The fourth-order valence-corrected chi connectivity index (χ4v) is 12.6. The first kappa shape index (κ1) is 42.4. The number of fused-ring (bicyclic) bond motifs is 9. The molecule has 67 heavy (non-hydrogen) atoms. The molecule has 0 bridgehead atoms. The van der Waals surface area contributed by atoms with Gasteiger partial charge in [0.15, 0.2) is 0 Å². The fraction of sp³-hybridized carbons (Fsp3) is 0.333. The standard InChI is InChI=1S/C63H65BN2O/c1-38-31-54-58-55(32-38)66(43-24-20-41(21-25-43)59(2,3)4)53-37-49-47(61(7,8)28-30-63(49,11)12)35-51(53)64(58)50-34-46-48(62(9,10)29-27-60(46,5)6)36-52(50)65(54)42-22-17-39(18-23-42)40-19-26-45-44-15-13-14-16-56(44)67-57(45)33-40/h13-26,31-37H,27-30H2,1-12H3. The largest absolute Gasteiger partial charge is 0.456 e. The van der Waals surface area contributed by atoms with Crippen molar-refractivity contribution >= 4 is 79.2 Å². The number of nitrogens with zero attached hydrogens (tertiary/aromatic N) is 2. The summed E-state index contributed by atoms with van der Waals surface area (Å²) in [6.07, 6.45) is 4.70. The predicted molar refractivity (Wildman–Crippen MR) is 287 cm³/mol. The van der Waals surface area contributed by atoms with Crippen LogP contribution in [0.3, 0.4) is 0 Å². The van der Waals surface area contributed by atoms with E-state index in [1.165, 1.54) is 115 Å². The normalized spacial score (nSPS) is 18.3. The highest BCUT2D eigenvalue weighted by molar-refractivity contribution is 7.00. The molecular weight excluding hydrogens is 812 g/mol. The van der Waals surface area contributed by atoms with Crippen molar-refractivity contribution in [1.82, 2.24) is 0 Å². The maximum atomic E-state index is 6.36. The van der Waals surface area contributed by atoms with Gasteiger partial charge in [0.25, 0.3) is 6.71 Å². The van der Waals surface area contributed by atoms with E-state index in [0.717, 1.165) is 27.5 Å². The maximum absolute atomic E-state index is 6.36. The number of para-hydroxylation sites is 1. The molecule has 2 aliphatic heterocycles. The van der Waals surface area contributed by atoms with E-state index < -0.39 is 0 Å². The maximum Gasteiger partial charge on any atom is 0.252 e. The Kier molecular flexibility index (Phi) is 8.87. The van der Waals surface area contributed by atoms with Gasteiger partial charge in [-0.2, -0.15) is 0 Å². The molecule has 1 aromatic heterocycles. The average Bonchev–Trinajstić information content (AvgIpc) is 3.66. The van der Waals surface area contributed by atoms with Gasteiger partial charge in [0.05, 0.1) is 0 Å². The molecular formula is C63H65BN2O. The van der Waals surface area contributed by atoms with Crippen molar-refractivity contribution in [2.45, 2.75) is 136 Å². The number of hydrogen-bond acceptors (Lipinski definition) is 3. The minimum atomic E-state index is 0.0535. The molecule has 0 N–H and O–H groups in total. The van der Waals surface area contributed by atoms with E-state index in [9.17, 15) is 0 Å². The van der Waals surface area contributed by atoms with Crippen LogP contribution in [0.25, 0.3) is 33.1 Å². The molecule has 0 fully saturated rings. The first-order valence-corrected chi connectivity index (χ1v) is 25.0. The molecule has 4 heteroatoms. The fourth-order valence-electron chi connectivity index (χ4n) is 12.6. The van der Waals surface area contributed by atoms with Gasteiger partial charge in [-0.1, -0.05) is 137 Å². The third-order valence-electron chi connectivity index (χ3n) is 17.0. The second kappa shape index (κ2) is 14.0. The third-order valence-corrected chi connectivity index (χ3v) is 17.0. The second-order valence-corrected chi connectivity index (χ2v) is 24.4. The zero-order valence-corrected chi connectivity index (χ0v) is 41.8. The second-order valence-electron chi connectivity index (χ2n) is 24.4. The van der Waals surface area contributed by atoms with Crippen LogP contribution in [-0.2, 0) is 27.1 Å². The van der Waals surface area contributed by atoms with Crippen LogP contribution in [0.2, 0.25) is 0 Å². The number of hydrogen-bond donors (Lipinski definition) is 0. The Morgan fingerprint density at radius 2 is 0.910 bits per heavy atom. The van der Waals surface area contributed by atoms with Crippen LogP contribution < -0.4 is 26.2 Å². The molecule has 0 amide bonds. The molecule has 0 saturated carbocycles. The summed E-state index contributed by atoms with van der Waals surface area (Å²) in [5.74, 6) is 0. The van der Waals surface area contributed by atoms with Crippen molar-refractivity contribution < 1.29 is 4.42 Å². The van der Waals surface area contributed by atoms with Crippen molar-refractivity contribution in [3.63, 3.8) is 0 Å². The van der Waals surface area contributed by atoms with Gasteiger partial charge in [-0.3, -0.25) is 0 Å². The molecule has 0 radical (unpaired) electrons. The van der Waals surface area contributed by atoms with Crippen molar-refractivity contribution in [1.29, 1.82) is 0 Å². The summed E-state index contributed by atoms with van der Waals surface area (Å²) in [5, 5.41) is 2.31. The molecule has 3 nitrogen and oxygen atoms in total. The minimum absolute atomic E-state index is 0.0535. The number of benzene rings is 7. The van der Waals surface area contributed by atoms with Gasteiger partial charge in [-0.05, 0) is 187 Å². The summed E-state index contributed by atoms with van der Waals surface area (Å²) >= 11 is 0. The molecule has 0 saturated heterocycles. The van der Waals surface area contributed by atoms with Crippen molar-refractivity contribution in [3.05, 3.63) is 161 Å². The molecule has 4 aliphatic rings. The Hall–Kier alpha value is -6.00. The van der Waals surface area contributed by atoms with E-state index in [2.05, 4.69) is 214 Å². The van der Waals surface area contributed by atoms with Crippen molar-refractivity contribution in [2.24, 2.45) is 0 Å². The van der Waals surface area contributed by atoms with Gasteiger partial charge in [-0.25, -0.2) is 0 Å². The first-order chi connectivity index (χ1) is 31.7. The Morgan fingerprint density at radius 1 is 0.463 bits per heavy atom. The highest BCUT2D eigenvalue weighted by Gasteiger charge is 2.48. The Bertz CT molecular complexity index is 3360. The number of rotatable bonds is 3. The lowest BCUT2D eigenvalue weighted by molar-refractivity contribution is 0.332. The minimum Gasteiger partial charge on any atom is -0.456 e. The van der Waals surface area contributed by atoms with Crippen LogP contribution in [-0.4, -0.2) is 6.71 Å².